The van der Waals surface area contributed by atoms with Crippen LogP contribution in [0.1, 0.15) is 47.3 Å². The van der Waals surface area contributed by atoms with Gasteiger partial charge in [0.05, 0.1) is 12.4 Å². The van der Waals surface area contributed by atoms with Crippen LogP contribution in [-0.2, 0) is 0 Å². The van der Waals surface area contributed by atoms with Crippen molar-refractivity contribution in [2.24, 2.45) is 0 Å². The van der Waals surface area contributed by atoms with Crippen molar-refractivity contribution in [1.29, 1.82) is 0 Å². The molecule has 0 unspecified atom stereocenters. The van der Waals surface area contributed by atoms with Gasteiger partial charge in [-0.05, 0) is 38.3 Å². The van der Waals surface area contributed by atoms with Gasteiger partial charge in [0.2, 0.25) is 0 Å². The van der Waals surface area contributed by atoms with E-state index in [1.54, 1.807) is 12.4 Å². The minimum Gasteiger partial charge on any atom is -0.339 e. The summed E-state index contributed by atoms with van der Waals surface area (Å²) in [6.07, 6.45) is 7.75. The van der Waals surface area contributed by atoms with Gasteiger partial charge in [-0.2, -0.15) is 0 Å². The van der Waals surface area contributed by atoms with Gasteiger partial charge < -0.3 is 10.2 Å². The molecule has 1 aliphatic heterocycles. The fourth-order valence-corrected chi connectivity index (χ4v) is 3.03. The highest BCUT2D eigenvalue weighted by molar-refractivity contribution is 5.92. The third-order valence-corrected chi connectivity index (χ3v) is 4.41. The van der Waals surface area contributed by atoms with E-state index in [1.807, 2.05) is 11.0 Å². The molecule has 2 aromatic rings. The molecular formula is C19H24N4O. The van der Waals surface area contributed by atoms with Crippen LogP contribution in [0.5, 0.6) is 0 Å². The molecule has 1 aromatic carbocycles. The first kappa shape index (κ1) is 16.4. The van der Waals surface area contributed by atoms with Gasteiger partial charge in [-0.15, -0.1) is 0 Å². The van der Waals surface area contributed by atoms with Crippen molar-refractivity contribution in [3.8, 4) is 0 Å². The molecule has 1 saturated heterocycles. The van der Waals surface area contributed by atoms with Crippen LogP contribution in [0.15, 0.2) is 30.6 Å². The van der Waals surface area contributed by atoms with Crippen molar-refractivity contribution >= 4 is 17.4 Å². The summed E-state index contributed by atoms with van der Waals surface area (Å²) in [7, 11) is 0. The maximum absolute atomic E-state index is 12.5. The van der Waals surface area contributed by atoms with Crippen LogP contribution < -0.4 is 5.32 Å². The summed E-state index contributed by atoms with van der Waals surface area (Å²) in [5.74, 6) is 0.636. The van der Waals surface area contributed by atoms with Crippen LogP contribution in [0, 0.1) is 13.8 Å². The number of likely N-dealkylation sites (tertiary alicyclic amines) is 1. The highest BCUT2D eigenvalue weighted by atomic mass is 16.2. The number of carbonyl (C=O) groups excluding carboxylic acids is 1. The van der Waals surface area contributed by atoms with E-state index in [0.29, 0.717) is 11.5 Å². The number of amides is 1. The number of benzene rings is 1. The van der Waals surface area contributed by atoms with E-state index in [1.165, 1.54) is 18.4 Å². The van der Waals surface area contributed by atoms with Crippen molar-refractivity contribution in [3.05, 3.63) is 47.4 Å². The number of anilines is 2. The molecule has 0 bridgehead atoms. The van der Waals surface area contributed by atoms with Gasteiger partial charge in [0.15, 0.2) is 0 Å². The molecule has 1 aliphatic rings. The largest absolute Gasteiger partial charge is 0.339 e. The lowest BCUT2D eigenvalue weighted by Crippen LogP contribution is -2.32. The van der Waals surface area contributed by atoms with Crippen molar-refractivity contribution in [2.75, 3.05) is 18.4 Å². The highest BCUT2D eigenvalue weighted by Crippen LogP contribution is 2.20. The Morgan fingerprint density at radius 2 is 1.79 bits per heavy atom. The highest BCUT2D eigenvalue weighted by Gasteiger charge is 2.18. The minimum absolute atomic E-state index is 0.0116. The van der Waals surface area contributed by atoms with E-state index in [4.69, 9.17) is 0 Å². The molecule has 5 heteroatoms. The number of nitrogens with zero attached hydrogens (tertiary/aromatic N) is 3. The van der Waals surface area contributed by atoms with Crippen molar-refractivity contribution in [1.82, 2.24) is 14.9 Å². The lowest BCUT2D eigenvalue weighted by atomic mass is 10.1. The molecule has 0 saturated carbocycles. The van der Waals surface area contributed by atoms with Crippen LogP contribution in [0.4, 0.5) is 11.5 Å². The molecule has 2 heterocycles. The summed E-state index contributed by atoms with van der Waals surface area (Å²) in [6.45, 7) is 5.77. The van der Waals surface area contributed by atoms with Crippen molar-refractivity contribution in [3.63, 3.8) is 0 Å². The van der Waals surface area contributed by atoms with Gasteiger partial charge in [-0.25, -0.2) is 9.97 Å². The molecular weight excluding hydrogens is 300 g/mol. The monoisotopic (exact) mass is 324 g/mol. The molecule has 0 spiro atoms. The average Bonchev–Trinajstić information content (AvgIpc) is 2.87. The number of carbonyl (C=O) groups is 1. The summed E-state index contributed by atoms with van der Waals surface area (Å²) >= 11 is 0. The van der Waals surface area contributed by atoms with E-state index in [-0.39, 0.29) is 5.91 Å². The molecule has 0 atom stereocenters. The summed E-state index contributed by atoms with van der Waals surface area (Å²) < 4.78 is 0. The molecule has 1 aromatic heterocycles. The molecule has 5 nitrogen and oxygen atoms in total. The Hall–Kier alpha value is -2.43. The maximum atomic E-state index is 12.5. The molecule has 24 heavy (non-hydrogen) atoms. The Morgan fingerprint density at radius 3 is 2.42 bits per heavy atom. The van der Waals surface area contributed by atoms with Crippen LogP contribution in [0.3, 0.4) is 0 Å². The van der Waals surface area contributed by atoms with Gasteiger partial charge in [0, 0.05) is 18.8 Å². The van der Waals surface area contributed by atoms with Gasteiger partial charge in [-0.1, -0.05) is 30.5 Å². The van der Waals surface area contributed by atoms with E-state index in [2.05, 4.69) is 41.3 Å². The summed E-state index contributed by atoms with van der Waals surface area (Å²) in [6, 6.07) is 6.20. The second-order valence-electron chi connectivity index (χ2n) is 6.44. The summed E-state index contributed by atoms with van der Waals surface area (Å²) in [5.41, 5.74) is 3.80. The fraction of sp³-hybridized carbons (Fsp3) is 0.421. The quantitative estimate of drug-likeness (QED) is 0.931. The summed E-state index contributed by atoms with van der Waals surface area (Å²) in [5, 5.41) is 3.26. The normalized spacial score (nSPS) is 15.0. The zero-order valence-corrected chi connectivity index (χ0v) is 14.4. The van der Waals surface area contributed by atoms with Crippen molar-refractivity contribution < 1.29 is 4.79 Å². The van der Waals surface area contributed by atoms with Gasteiger partial charge in [0.25, 0.3) is 5.91 Å². The van der Waals surface area contributed by atoms with E-state index >= 15 is 0 Å². The molecule has 126 valence electrons. The number of rotatable bonds is 3. The number of aromatic nitrogens is 2. The Morgan fingerprint density at radius 1 is 1.04 bits per heavy atom. The van der Waals surface area contributed by atoms with Crippen LogP contribution in [0.2, 0.25) is 0 Å². The fourth-order valence-electron chi connectivity index (χ4n) is 3.03. The van der Waals surface area contributed by atoms with Crippen LogP contribution in [-0.4, -0.2) is 33.9 Å². The van der Waals surface area contributed by atoms with E-state index in [9.17, 15) is 4.79 Å². The average molecular weight is 324 g/mol. The number of hydrogen-bond donors (Lipinski definition) is 1. The third-order valence-electron chi connectivity index (χ3n) is 4.41. The molecule has 1 fully saturated rings. The lowest BCUT2D eigenvalue weighted by molar-refractivity contribution is 0.0755. The Balaban J connectivity index is 1.69. The number of aryl methyl sites for hydroxylation is 2. The Labute approximate surface area is 143 Å². The van der Waals surface area contributed by atoms with Crippen LogP contribution >= 0.6 is 0 Å². The molecule has 0 radical (unpaired) electrons. The first-order chi connectivity index (χ1) is 11.6. The summed E-state index contributed by atoms with van der Waals surface area (Å²) in [4.78, 5) is 23.1. The molecule has 1 N–H and O–H groups in total. The predicted octanol–water partition coefficient (Wildman–Crippen LogP) is 3.85. The first-order valence-electron chi connectivity index (χ1n) is 8.59. The second kappa shape index (κ2) is 7.43. The molecule has 0 aliphatic carbocycles. The minimum atomic E-state index is -0.0116. The van der Waals surface area contributed by atoms with E-state index < -0.39 is 0 Å². The zero-order valence-electron chi connectivity index (χ0n) is 14.4. The smallest absolute Gasteiger partial charge is 0.274 e. The third kappa shape index (κ3) is 3.91. The van der Waals surface area contributed by atoms with Gasteiger partial charge in [0.1, 0.15) is 11.5 Å². The topological polar surface area (TPSA) is 58.1 Å². The predicted molar refractivity (Wildman–Crippen MR) is 95.6 cm³/mol. The van der Waals surface area contributed by atoms with Crippen LogP contribution in [0.25, 0.3) is 0 Å². The molecule has 3 rings (SSSR count). The van der Waals surface area contributed by atoms with Gasteiger partial charge in [-0.3, -0.25) is 4.79 Å². The van der Waals surface area contributed by atoms with Crippen molar-refractivity contribution in [2.45, 2.75) is 39.5 Å². The SMILES string of the molecule is Cc1ccc(Nc2cnc(C(=O)N3CCCCCC3)cn2)c(C)c1. The number of hydrogen-bond acceptors (Lipinski definition) is 4. The number of nitrogens with one attached hydrogen (secondary N) is 1. The Bertz CT molecular complexity index is 704. The standard InChI is InChI=1S/C19H24N4O/c1-14-7-8-16(15(2)11-14)22-18-13-20-17(12-21-18)19(24)23-9-5-3-4-6-10-23/h7-8,11-13H,3-6,9-10H2,1-2H3,(H,21,22). The Kier molecular flexibility index (Phi) is 5.08. The first-order valence-corrected chi connectivity index (χ1v) is 8.59. The lowest BCUT2D eigenvalue weighted by Gasteiger charge is -2.19. The van der Waals surface area contributed by atoms with E-state index in [0.717, 1.165) is 37.2 Å². The maximum Gasteiger partial charge on any atom is 0.274 e. The zero-order chi connectivity index (χ0) is 16.9. The van der Waals surface area contributed by atoms with Gasteiger partial charge >= 0.3 is 0 Å². The second-order valence-corrected chi connectivity index (χ2v) is 6.44. The molecule has 1 amide bonds.